The molecule has 0 amide bonds. The smallest absolute Gasteiger partial charge is 0.335 e. The number of hydrogen-bond acceptors (Lipinski definition) is 6. The van der Waals surface area contributed by atoms with Crippen LogP contribution < -0.4 is 4.72 Å². The van der Waals surface area contributed by atoms with E-state index in [1.807, 2.05) is 0 Å². The average Bonchev–Trinajstić information content (AvgIpc) is 2.73. The molecule has 0 saturated heterocycles. The van der Waals surface area contributed by atoms with Gasteiger partial charge in [0.05, 0.1) is 11.3 Å². The quantitative estimate of drug-likeness (QED) is 0.865. The summed E-state index contributed by atoms with van der Waals surface area (Å²) in [6.45, 7) is 1.66. The van der Waals surface area contributed by atoms with Gasteiger partial charge in [0.15, 0.2) is 0 Å². The molecule has 0 spiro atoms. The predicted octanol–water partition coefficient (Wildman–Crippen LogP) is 1.49. The highest BCUT2D eigenvalue weighted by Gasteiger charge is 2.15. The van der Waals surface area contributed by atoms with Gasteiger partial charge in [-0.25, -0.2) is 18.2 Å². The van der Waals surface area contributed by atoms with Crippen LogP contribution in [-0.2, 0) is 15.8 Å². The minimum absolute atomic E-state index is 0.0458. The van der Waals surface area contributed by atoms with E-state index >= 15 is 0 Å². The molecule has 2 rings (SSSR count). The SMILES string of the molecule is Cc1nsc(NS(=O)(=O)Cc2cccc(C(=O)O)c2)n1. The number of carbonyl (C=O) groups is 1. The molecule has 0 fully saturated rings. The normalized spacial score (nSPS) is 11.2. The number of nitrogens with zero attached hydrogens (tertiary/aromatic N) is 2. The second-order valence-electron chi connectivity index (χ2n) is 4.01. The van der Waals surface area contributed by atoms with Gasteiger partial charge in [-0.1, -0.05) is 12.1 Å². The summed E-state index contributed by atoms with van der Waals surface area (Å²) < 4.78 is 30.1. The number of carboxylic acids is 1. The van der Waals surface area contributed by atoms with Crippen molar-refractivity contribution >= 4 is 32.7 Å². The zero-order chi connectivity index (χ0) is 14.8. The first kappa shape index (κ1) is 14.4. The molecule has 1 aromatic carbocycles. The van der Waals surface area contributed by atoms with E-state index in [1.165, 1.54) is 18.2 Å². The van der Waals surface area contributed by atoms with Crippen molar-refractivity contribution in [3.05, 3.63) is 41.2 Å². The van der Waals surface area contributed by atoms with Crippen LogP contribution in [0.5, 0.6) is 0 Å². The maximum absolute atomic E-state index is 11.9. The summed E-state index contributed by atoms with van der Waals surface area (Å²) in [5.41, 5.74) is 0.433. The molecule has 0 aliphatic carbocycles. The Morgan fingerprint density at radius 1 is 1.45 bits per heavy atom. The fraction of sp³-hybridized carbons (Fsp3) is 0.182. The number of hydrogen-bond donors (Lipinski definition) is 2. The lowest BCUT2D eigenvalue weighted by atomic mass is 10.1. The van der Waals surface area contributed by atoms with Crippen LogP contribution in [0.25, 0.3) is 0 Å². The van der Waals surface area contributed by atoms with Crippen LogP contribution in [0.3, 0.4) is 0 Å². The first-order valence-corrected chi connectivity index (χ1v) is 7.91. The van der Waals surface area contributed by atoms with Gasteiger partial charge in [0.25, 0.3) is 0 Å². The van der Waals surface area contributed by atoms with E-state index in [4.69, 9.17) is 5.11 Å². The van der Waals surface area contributed by atoms with E-state index in [9.17, 15) is 13.2 Å². The zero-order valence-corrected chi connectivity index (χ0v) is 12.0. The van der Waals surface area contributed by atoms with Crippen molar-refractivity contribution in [2.75, 3.05) is 4.72 Å². The summed E-state index contributed by atoms with van der Waals surface area (Å²) in [4.78, 5) is 14.7. The van der Waals surface area contributed by atoms with Crippen LogP contribution in [0.1, 0.15) is 21.7 Å². The lowest BCUT2D eigenvalue weighted by Crippen LogP contribution is -2.15. The molecule has 7 nitrogen and oxygen atoms in total. The molecule has 0 saturated carbocycles. The number of carboxylic acid groups (broad SMARTS) is 1. The number of anilines is 1. The number of rotatable bonds is 5. The van der Waals surface area contributed by atoms with Crippen molar-refractivity contribution in [1.82, 2.24) is 9.36 Å². The maximum atomic E-state index is 11.9. The van der Waals surface area contributed by atoms with Crippen LogP contribution in [0.15, 0.2) is 24.3 Å². The average molecular weight is 313 g/mol. The molecule has 0 radical (unpaired) electrons. The minimum Gasteiger partial charge on any atom is -0.478 e. The molecule has 0 bridgehead atoms. The van der Waals surface area contributed by atoms with Crippen LogP contribution >= 0.6 is 11.5 Å². The van der Waals surface area contributed by atoms with Gasteiger partial charge >= 0.3 is 5.97 Å². The molecule has 106 valence electrons. The summed E-state index contributed by atoms with van der Waals surface area (Å²) in [6.07, 6.45) is 0. The Kier molecular flexibility index (Phi) is 4.00. The summed E-state index contributed by atoms with van der Waals surface area (Å²) in [7, 11) is -3.65. The van der Waals surface area contributed by atoms with Crippen molar-refractivity contribution < 1.29 is 18.3 Å². The molecule has 1 aromatic heterocycles. The number of nitrogens with one attached hydrogen (secondary N) is 1. The number of aryl methyl sites for hydroxylation is 1. The first-order chi connectivity index (χ1) is 9.35. The topological polar surface area (TPSA) is 109 Å². The second kappa shape index (κ2) is 5.55. The Balaban J connectivity index is 2.15. The summed E-state index contributed by atoms with van der Waals surface area (Å²) in [5.74, 6) is -0.940. The van der Waals surface area contributed by atoms with Gasteiger partial charge in [-0.05, 0) is 24.6 Å². The predicted molar refractivity (Wildman–Crippen MR) is 74.3 cm³/mol. The summed E-state index contributed by atoms with van der Waals surface area (Å²) in [6, 6.07) is 5.79. The van der Waals surface area contributed by atoms with Crippen LogP contribution in [0, 0.1) is 6.92 Å². The van der Waals surface area contributed by atoms with Crippen LogP contribution in [0.2, 0.25) is 0 Å². The summed E-state index contributed by atoms with van der Waals surface area (Å²) in [5, 5.41) is 9.06. The van der Waals surface area contributed by atoms with Crippen molar-refractivity contribution in [2.45, 2.75) is 12.7 Å². The van der Waals surface area contributed by atoms with Gasteiger partial charge < -0.3 is 5.11 Å². The van der Waals surface area contributed by atoms with Crippen molar-refractivity contribution in [3.8, 4) is 0 Å². The third-order valence-electron chi connectivity index (χ3n) is 2.30. The van der Waals surface area contributed by atoms with E-state index in [0.29, 0.717) is 11.4 Å². The number of benzene rings is 1. The Morgan fingerprint density at radius 3 is 2.80 bits per heavy atom. The summed E-state index contributed by atoms with van der Waals surface area (Å²) >= 11 is 0.950. The fourth-order valence-corrected chi connectivity index (χ4v) is 3.49. The molecule has 0 aliphatic heterocycles. The Hall–Kier alpha value is -2.00. The van der Waals surface area contributed by atoms with Gasteiger partial charge in [-0.3, -0.25) is 4.72 Å². The van der Waals surface area contributed by atoms with Gasteiger partial charge in [0.2, 0.25) is 15.2 Å². The van der Waals surface area contributed by atoms with Crippen molar-refractivity contribution in [3.63, 3.8) is 0 Å². The van der Waals surface area contributed by atoms with Crippen LogP contribution in [-0.4, -0.2) is 28.9 Å². The van der Waals surface area contributed by atoms with Gasteiger partial charge in [-0.2, -0.15) is 4.37 Å². The molecule has 0 aliphatic rings. The highest BCUT2D eigenvalue weighted by atomic mass is 32.2. The standard InChI is InChI=1S/C11H11N3O4S2/c1-7-12-11(19-13-7)14-20(17,18)6-8-3-2-4-9(5-8)10(15)16/h2-5H,6H2,1H3,(H,15,16)(H,12,13,14). The van der Waals surface area contributed by atoms with E-state index in [1.54, 1.807) is 13.0 Å². The maximum Gasteiger partial charge on any atom is 0.335 e. The highest BCUT2D eigenvalue weighted by Crippen LogP contribution is 2.15. The molecule has 20 heavy (non-hydrogen) atoms. The van der Waals surface area contributed by atoms with Gasteiger partial charge in [-0.15, -0.1) is 0 Å². The second-order valence-corrected chi connectivity index (χ2v) is 6.49. The molecule has 2 aromatic rings. The van der Waals surface area contributed by atoms with Gasteiger partial charge in [0, 0.05) is 11.5 Å². The van der Waals surface area contributed by atoms with E-state index in [-0.39, 0.29) is 16.4 Å². The number of sulfonamides is 1. The van der Waals surface area contributed by atoms with Crippen LogP contribution in [0.4, 0.5) is 5.13 Å². The highest BCUT2D eigenvalue weighted by molar-refractivity contribution is 7.92. The minimum atomic E-state index is -3.65. The molecule has 9 heteroatoms. The molecular formula is C11H11N3O4S2. The van der Waals surface area contributed by atoms with Gasteiger partial charge in [0.1, 0.15) is 5.82 Å². The largest absolute Gasteiger partial charge is 0.478 e. The number of aromatic nitrogens is 2. The molecule has 2 N–H and O–H groups in total. The van der Waals surface area contributed by atoms with E-state index in [0.717, 1.165) is 11.5 Å². The molecule has 1 heterocycles. The van der Waals surface area contributed by atoms with Crippen molar-refractivity contribution in [1.29, 1.82) is 0 Å². The van der Waals surface area contributed by atoms with E-state index in [2.05, 4.69) is 14.1 Å². The first-order valence-electron chi connectivity index (χ1n) is 5.49. The monoisotopic (exact) mass is 313 g/mol. The fourth-order valence-electron chi connectivity index (χ4n) is 1.52. The van der Waals surface area contributed by atoms with E-state index < -0.39 is 16.0 Å². The molecule has 0 unspecified atom stereocenters. The third kappa shape index (κ3) is 3.75. The Bertz CT molecular complexity index is 740. The molecule has 0 atom stereocenters. The van der Waals surface area contributed by atoms with Crippen molar-refractivity contribution in [2.24, 2.45) is 0 Å². The number of aromatic carboxylic acids is 1. The third-order valence-corrected chi connectivity index (χ3v) is 4.37. The Morgan fingerprint density at radius 2 is 2.20 bits per heavy atom. The zero-order valence-electron chi connectivity index (χ0n) is 10.4. The molecular weight excluding hydrogens is 302 g/mol. The Labute approximate surface area is 119 Å². The lowest BCUT2D eigenvalue weighted by Gasteiger charge is -2.05. The lowest BCUT2D eigenvalue weighted by molar-refractivity contribution is 0.0696.